The molecule has 4 rings (SSSR count). The molecule has 0 saturated carbocycles. The summed E-state index contributed by atoms with van der Waals surface area (Å²) in [7, 11) is -4.11. The standard InChI is InChI=1S/C20H19F2N5O3S2/c21-16-5-6-18(17(22)11-16)32(29,30)27-9-7-26(8-10-27)19(28)15-3-1-14(2-4-15)12-31-20-23-13-24-25-20/h1-6,11,13H,7-10,12H2,(H,23,24,25). The van der Waals surface area contributed by atoms with E-state index in [0.29, 0.717) is 22.5 Å². The molecule has 168 valence electrons. The molecule has 1 aliphatic heterocycles. The number of carbonyl (C=O) groups excluding carboxylic acids is 1. The normalized spacial score (nSPS) is 15.1. The van der Waals surface area contributed by atoms with Crippen molar-refractivity contribution < 1.29 is 22.0 Å². The fraction of sp³-hybridized carbons (Fsp3) is 0.250. The highest BCUT2D eigenvalue weighted by Gasteiger charge is 2.32. The van der Waals surface area contributed by atoms with Crippen molar-refractivity contribution in [1.29, 1.82) is 0 Å². The molecule has 3 aromatic rings. The van der Waals surface area contributed by atoms with Crippen LogP contribution < -0.4 is 0 Å². The number of sulfonamides is 1. The van der Waals surface area contributed by atoms with Crippen LogP contribution in [0.25, 0.3) is 0 Å². The minimum atomic E-state index is -4.11. The van der Waals surface area contributed by atoms with Crippen LogP contribution in [0, 0.1) is 11.6 Å². The number of hydrogen-bond donors (Lipinski definition) is 1. The van der Waals surface area contributed by atoms with Gasteiger partial charge in [0.1, 0.15) is 22.9 Å². The molecule has 1 fully saturated rings. The Kier molecular flexibility index (Phi) is 6.53. The lowest BCUT2D eigenvalue weighted by molar-refractivity contribution is 0.0697. The number of halogens is 2. The fourth-order valence-electron chi connectivity index (χ4n) is 3.30. The Hall–Kier alpha value is -2.83. The zero-order valence-corrected chi connectivity index (χ0v) is 18.4. The van der Waals surface area contributed by atoms with E-state index in [4.69, 9.17) is 0 Å². The number of amides is 1. The molecule has 1 aromatic heterocycles. The largest absolute Gasteiger partial charge is 0.336 e. The van der Waals surface area contributed by atoms with Crippen LogP contribution in [-0.4, -0.2) is 64.9 Å². The summed E-state index contributed by atoms with van der Waals surface area (Å²) in [6.07, 6.45) is 1.44. The van der Waals surface area contributed by atoms with Crippen LogP contribution in [0.5, 0.6) is 0 Å². The summed E-state index contributed by atoms with van der Waals surface area (Å²) in [4.78, 5) is 17.8. The molecule has 1 saturated heterocycles. The summed E-state index contributed by atoms with van der Waals surface area (Å²) in [6.45, 7) is 0.390. The second kappa shape index (κ2) is 9.35. The maximum atomic E-state index is 14.0. The first-order chi connectivity index (χ1) is 15.3. The highest BCUT2D eigenvalue weighted by Crippen LogP contribution is 2.23. The van der Waals surface area contributed by atoms with Gasteiger partial charge in [-0.05, 0) is 29.8 Å². The number of hydrogen-bond acceptors (Lipinski definition) is 6. The first kappa shape index (κ1) is 22.4. The molecule has 0 bridgehead atoms. The van der Waals surface area contributed by atoms with E-state index in [2.05, 4.69) is 15.2 Å². The van der Waals surface area contributed by atoms with Gasteiger partial charge < -0.3 is 4.90 Å². The van der Waals surface area contributed by atoms with Crippen LogP contribution in [0.4, 0.5) is 8.78 Å². The lowest BCUT2D eigenvalue weighted by atomic mass is 10.1. The van der Waals surface area contributed by atoms with E-state index in [9.17, 15) is 22.0 Å². The first-order valence-corrected chi connectivity index (χ1v) is 12.1. The van der Waals surface area contributed by atoms with Crippen LogP contribution in [0.3, 0.4) is 0 Å². The van der Waals surface area contributed by atoms with Crippen LogP contribution in [-0.2, 0) is 15.8 Å². The molecule has 0 aliphatic carbocycles. The monoisotopic (exact) mass is 479 g/mol. The van der Waals surface area contributed by atoms with Crippen molar-refractivity contribution in [2.75, 3.05) is 26.2 Å². The minimum absolute atomic E-state index is 0.0246. The number of benzene rings is 2. The number of piperazine rings is 1. The second-order valence-corrected chi connectivity index (χ2v) is 9.92. The van der Waals surface area contributed by atoms with Gasteiger partial charge in [-0.2, -0.15) is 9.40 Å². The van der Waals surface area contributed by atoms with E-state index in [1.807, 2.05) is 12.1 Å². The third-order valence-corrected chi connectivity index (χ3v) is 7.89. The molecular formula is C20H19F2N5O3S2. The van der Waals surface area contributed by atoms with Gasteiger partial charge in [0.05, 0.1) is 0 Å². The van der Waals surface area contributed by atoms with Crippen molar-refractivity contribution in [2.24, 2.45) is 0 Å². The summed E-state index contributed by atoms with van der Waals surface area (Å²) < 4.78 is 53.6. The smallest absolute Gasteiger partial charge is 0.253 e. The van der Waals surface area contributed by atoms with E-state index in [0.717, 1.165) is 22.0 Å². The minimum Gasteiger partial charge on any atom is -0.336 e. The van der Waals surface area contributed by atoms with E-state index >= 15 is 0 Å². The zero-order valence-electron chi connectivity index (χ0n) is 16.7. The Morgan fingerprint density at radius 2 is 1.78 bits per heavy atom. The van der Waals surface area contributed by atoms with Crippen LogP contribution in [0.15, 0.2) is 58.8 Å². The molecule has 2 heterocycles. The van der Waals surface area contributed by atoms with E-state index < -0.39 is 26.6 Å². The second-order valence-electron chi connectivity index (χ2n) is 7.05. The topological polar surface area (TPSA) is 99.3 Å². The van der Waals surface area contributed by atoms with Gasteiger partial charge in [0.15, 0.2) is 5.16 Å². The number of nitrogens with zero attached hydrogens (tertiary/aromatic N) is 4. The van der Waals surface area contributed by atoms with Crippen molar-refractivity contribution in [3.63, 3.8) is 0 Å². The number of H-pyrrole nitrogens is 1. The molecule has 1 amide bonds. The summed E-state index contributed by atoms with van der Waals surface area (Å²) in [6, 6.07) is 9.54. The Morgan fingerprint density at radius 3 is 2.41 bits per heavy atom. The lowest BCUT2D eigenvalue weighted by Gasteiger charge is -2.34. The van der Waals surface area contributed by atoms with Crippen molar-refractivity contribution in [3.05, 3.63) is 71.6 Å². The van der Waals surface area contributed by atoms with Gasteiger partial charge in [0.2, 0.25) is 10.0 Å². The lowest BCUT2D eigenvalue weighted by Crippen LogP contribution is -2.50. The van der Waals surface area contributed by atoms with Gasteiger partial charge in [-0.1, -0.05) is 23.9 Å². The summed E-state index contributed by atoms with van der Waals surface area (Å²) in [5.41, 5.74) is 1.51. The number of aromatic amines is 1. The third-order valence-electron chi connectivity index (χ3n) is 5.01. The molecule has 1 N–H and O–H groups in total. The van der Waals surface area contributed by atoms with Gasteiger partial charge in [-0.25, -0.2) is 22.2 Å². The Morgan fingerprint density at radius 1 is 1.06 bits per heavy atom. The SMILES string of the molecule is O=C(c1ccc(CSc2ncn[nH]2)cc1)N1CCN(S(=O)(=O)c2ccc(F)cc2F)CC1. The molecule has 0 atom stereocenters. The predicted octanol–water partition coefficient (Wildman–Crippen LogP) is 2.52. The zero-order chi connectivity index (χ0) is 22.7. The highest BCUT2D eigenvalue weighted by molar-refractivity contribution is 7.98. The Labute approximate surface area is 187 Å². The first-order valence-electron chi connectivity index (χ1n) is 9.66. The molecule has 8 nitrogen and oxygen atoms in total. The van der Waals surface area contributed by atoms with Crippen molar-refractivity contribution in [1.82, 2.24) is 24.4 Å². The van der Waals surface area contributed by atoms with Gasteiger partial charge in [0.25, 0.3) is 5.91 Å². The molecule has 32 heavy (non-hydrogen) atoms. The quantitative estimate of drug-likeness (QED) is 0.546. The number of thioether (sulfide) groups is 1. The Bertz CT molecular complexity index is 1200. The van der Waals surface area contributed by atoms with Gasteiger partial charge in [-0.3, -0.25) is 9.89 Å². The molecule has 0 radical (unpaired) electrons. The van der Waals surface area contributed by atoms with E-state index in [1.165, 1.54) is 18.1 Å². The van der Waals surface area contributed by atoms with Crippen molar-refractivity contribution in [3.8, 4) is 0 Å². The number of nitrogens with one attached hydrogen (secondary N) is 1. The maximum Gasteiger partial charge on any atom is 0.253 e. The van der Waals surface area contributed by atoms with Crippen LogP contribution >= 0.6 is 11.8 Å². The van der Waals surface area contributed by atoms with Crippen LogP contribution in [0.1, 0.15) is 15.9 Å². The molecule has 1 aliphatic rings. The molecule has 2 aromatic carbocycles. The van der Waals surface area contributed by atoms with Gasteiger partial charge in [0, 0.05) is 43.6 Å². The molecular weight excluding hydrogens is 460 g/mol. The summed E-state index contributed by atoms with van der Waals surface area (Å²) in [5.74, 6) is -1.52. The average molecular weight is 480 g/mol. The number of carbonyl (C=O) groups is 1. The molecule has 12 heteroatoms. The van der Waals surface area contributed by atoms with Crippen LogP contribution in [0.2, 0.25) is 0 Å². The number of aromatic nitrogens is 3. The summed E-state index contributed by atoms with van der Waals surface area (Å²) in [5, 5.41) is 7.26. The fourth-order valence-corrected chi connectivity index (χ4v) is 5.50. The molecule has 0 unspecified atom stereocenters. The number of rotatable bonds is 6. The van der Waals surface area contributed by atoms with Crippen molar-refractivity contribution in [2.45, 2.75) is 15.8 Å². The van der Waals surface area contributed by atoms with Gasteiger partial charge >= 0.3 is 0 Å². The Balaban J connectivity index is 1.36. The van der Waals surface area contributed by atoms with Gasteiger partial charge in [-0.15, -0.1) is 0 Å². The predicted molar refractivity (Wildman–Crippen MR) is 113 cm³/mol. The maximum absolute atomic E-state index is 14.0. The average Bonchev–Trinajstić information content (AvgIpc) is 3.31. The van der Waals surface area contributed by atoms with E-state index in [-0.39, 0.29) is 32.1 Å². The summed E-state index contributed by atoms with van der Waals surface area (Å²) >= 11 is 1.49. The van der Waals surface area contributed by atoms with Crippen molar-refractivity contribution >= 4 is 27.7 Å². The highest BCUT2D eigenvalue weighted by atomic mass is 32.2. The van der Waals surface area contributed by atoms with E-state index in [1.54, 1.807) is 17.0 Å². The third kappa shape index (κ3) is 4.81. The molecule has 0 spiro atoms.